The summed E-state index contributed by atoms with van der Waals surface area (Å²) in [4.78, 5) is 35.9. The molecule has 0 unspecified atom stereocenters. The maximum atomic E-state index is 11.5. The van der Waals surface area contributed by atoms with Crippen molar-refractivity contribution in [3.63, 3.8) is 0 Å². The first-order chi connectivity index (χ1) is 21.0. The van der Waals surface area contributed by atoms with Gasteiger partial charge in [-0.3, -0.25) is 9.55 Å². The molecule has 0 radical (unpaired) electrons. The van der Waals surface area contributed by atoms with Crippen molar-refractivity contribution in [2.24, 2.45) is 5.73 Å². The highest BCUT2D eigenvalue weighted by atomic mass is 35.5. The predicted octanol–water partition coefficient (Wildman–Crippen LogP) is 5.00. The van der Waals surface area contributed by atoms with Crippen molar-refractivity contribution in [2.45, 2.75) is 68.0 Å². The van der Waals surface area contributed by atoms with Gasteiger partial charge in [0, 0.05) is 33.5 Å². The third kappa shape index (κ3) is 8.96. The van der Waals surface area contributed by atoms with Crippen LogP contribution in [0, 0.1) is 0 Å². The lowest BCUT2D eigenvalue weighted by Gasteiger charge is -2.14. The molecule has 4 heterocycles. The molecule has 0 saturated carbocycles. The van der Waals surface area contributed by atoms with E-state index in [4.69, 9.17) is 54.2 Å². The van der Waals surface area contributed by atoms with Crippen molar-refractivity contribution in [3.8, 4) is 0 Å². The Balaban J connectivity index is 0.000000246. The topological polar surface area (TPSA) is 173 Å². The van der Waals surface area contributed by atoms with Crippen molar-refractivity contribution < 1.29 is 19.4 Å². The summed E-state index contributed by atoms with van der Waals surface area (Å²) in [6, 6.07) is 10.8. The van der Waals surface area contributed by atoms with Gasteiger partial charge in [-0.1, -0.05) is 48.8 Å². The van der Waals surface area contributed by atoms with E-state index in [-0.39, 0.29) is 37.3 Å². The molecule has 1 fully saturated rings. The Morgan fingerprint density at radius 2 is 1.86 bits per heavy atom. The minimum Gasteiger partial charge on any atom is -0.442 e. The second-order valence-electron chi connectivity index (χ2n) is 10.1. The van der Waals surface area contributed by atoms with Gasteiger partial charge >= 0.3 is 11.8 Å². The lowest BCUT2D eigenvalue weighted by molar-refractivity contribution is -0.0245. The van der Waals surface area contributed by atoms with Gasteiger partial charge < -0.3 is 30.6 Å². The number of nitrogen functional groups attached to an aromatic ring is 1. The molecule has 1 saturated heterocycles. The van der Waals surface area contributed by atoms with Crippen LogP contribution in [0.25, 0.3) is 0 Å². The average Bonchev–Trinajstić information content (AvgIpc) is 3.57. The van der Waals surface area contributed by atoms with E-state index in [1.807, 2.05) is 28.8 Å². The number of aromatic nitrogens is 5. The third-order valence-corrected chi connectivity index (χ3v) is 8.04. The standard InChI is InChI=1S/C20H20Cl2N4O2S.C9H13N3O3/c1-12(2)18-19(29-16-8-14(21)7-15(22)9-16)26(10-13-3-5-24-6-4-13)17(25-18)11-28-20(23)27;10-7-3-4-12(9(14)11-7)8-2-1-6(5-13)15-8/h3-9,12H,10-11H2,1-2H3,(H2,23,27);3-4,6,8,13H,1-2,5H2,(H2,10,11,14)/t;6-,8+/m.0/s1. The summed E-state index contributed by atoms with van der Waals surface area (Å²) in [7, 11) is 0. The monoisotopic (exact) mass is 661 g/mol. The van der Waals surface area contributed by atoms with Crippen LogP contribution >= 0.6 is 35.0 Å². The number of aliphatic hydroxyl groups excluding tert-OH is 1. The summed E-state index contributed by atoms with van der Waals surface area (Å²) in [5, 5.41) is 10.9. The Kier molecular flexibility index (Phi) is 11.6. The molecule has 1 aliphatic heterocycles. The number of benzene rings is 1. The molecule has 0 bridgehead atoms. The number of rotatable bonds is 9. The van der Waals surface area contributed by atoms with Gasteiger partial charge in [-0.2, -0.15) is 4.98 Å². The number of anilines is 1. The fourth-order valence-corrected chi connectivity index (χ4v) is 6.35. The average molecular weight is 663 g/mol. The molecule has 5 N–H and O–H groups in total. The molecular weight excluding hydrogens is 629 g/mol. The number of aliphatic hydroxyl groups is 1. The maximum absolute atomic E-state index is 11.5. The van der Waals surface area contributed by atoms with Gasteiger partial charge in [0.25, 0.3) is 0 Å². The van der Waals surface area contributed by atoms with Crippen LogP contribution in [0.15, 0.2) is 69.7 Å². The Morgan fingerprint density at radius 1 is 1.16 bits per heavy atom. The van der Waals surface area contributed by atoms with Crippen LogP contribution in [-0.4, -0.2) is 48.0 Å². The first-order valence-corrected chi connectivity index (χ1v) is 15.3. The number of nitrogens with two attached hydrogens (primary N) is 2. The second-order valence-corrected chi connectivity index (χ2v) is 12.1. The first-order valence-electron chi connectivity index (χ1n) is 13.7. The van der Waals surface area contributed by atoms with E-state index in [0.717, 1.165) is 27.6 Å². The molecule has 1 amide bonds. The number of hydrogen-bond acceptors (Lipinski definition) is 10. The molecule has 1 aromatic carbocycles. The number of pyridine rings is 1. The maximum Gasteiger partial charge on any atom is 0.404 e. The number of amides is 1. The van der Waals surface area contributed by atoms with E-state index in [9.17, 15) is 9.59 Å². The van der Waals surface area contributed by atoms with Crippen molar-refractivity contribution in [3.05, 3.63) is 92.6 Å². The van der Waals surface area contributed by atoms with E-state index in [2.05, 4.69) is 23.8 Å². The molecule has 4 aromatic rings. The zero-order chi connectivity index (χ0) is 31.8. The van der Waals surface area contributed by atoms with Gasteiger partial charge in [0.15, 0.2) is 6.61 Å². The van der Waals surface area contributed by atoms with Crippen LogP contribution in [-0.2, 0) is 22.6 Å². The van der Waals surface area contributed by atoms with Crippen LogP contribution in [0.1, 0.15) is 55.9 Å². The van der Waals surface area contributed by atoms with Crippen LogP contribution in [0.5, 0.6) is 0 Å². The molecule has 15 heteroatoms. The van der Waals surface area contributed by atoms with E-state index >= 15 is 0 Å². The molecule has 1 aliphatic rings. The first kappa shape index (κ1) is 33.3. The van der Waals surface area contributed by atoms with E-state index < -0.39 is 11.8 Å². The zero-order valence-corrected chi connectivity index (χ0v) is 26.4. The molecule has 2 atom stereocenters. The molecule has 12 nitrogen and oxygen atoms in total. The predicted molar refractivity (Wildman–Crippen MR) is 168 cm³/mol. The van der Waals surface area contributed by atoms with Gasteiger partial charge in [0.05, 0.1) is 24.9 Å². The van der Waals surface area contributed by atoms with Gasteiger partial charge in [0.1, 0.15) is 22.9 Å². The fraction of sp³-hybridized carbons (Fsp3) is 0.345. The van der Waals surface area contributed by atoms with Crippen LogP contribution in [0.4, 0.5) is 10.6 Å². The van der Waals surface area contributed by atoms with E-state index in [1.54, 1.807) is 30.7 Å². The quantitative estimate of drug-likeness (QED) is 0.221. The summed E-state index contributed by atoms with van der Waals surface area (Å²) < 4.78 is 13.9. The van der Waals surface area contributed by atoms with Gasteiger partial charge in [0.2, 0.25) is 0 Å². The van der Waals surface area contributed by atoms with Gasteiger partial charge in [-0.15, -0.1) is 0 Å². The van der Waals surface area contributed by atoms with E-state index in [0.29, 0.717) is 28.8 Å². The molecule has 44 heavy (non-hydrogen) atoms. The molecular formula is C29H33Cl2N7O5S. The number of ether oxygens (including phenoxy) is 2. The Morgan fingerprint density at radius 3 is 2.45 bits per heavy atom. The van der Waals surface area contributed by atoms with Crippen molar-refractivity contribution in [1.82, 2.24) is 24.1 Å². The fourth-order valence-electron chi connectivity index (χ4n) is 4.44. The number of nitrogens with zero attached hydrogens (tertiary/aromatic N) is 5. The lowest BCUT2D eigenvalue weighted by Crippen LogP contribution is -2.27. The van der Waals surface area contributed by atoms with Crippen molar-refractivity contribution >= 4 is 46.9 Å². The van der Waals surface area contributed by atoms with Gasteiger partial charge in [-0.25, -0.2) is 14.6 Å². The normalized spacial score (nSPS) is 16.0. The molecule has 0 spiro atoms. The number of primary amides is 1. The minimum atomic E-state index is -0.842. The van der Waals surface area contributed by atoms with Crippen molar-refractivity contribution in [1.29, 1.82) is 0 Å². The Bertz CT molecular complexity index is 1610. The number of carbonyl (C=O) groups excluding carboxylic acids is 1. The smallest absolute Gasteiger partial charge is 0.404 e. The lowest BCUT2D eigenvalue weighted by atomic mass is 10.1. The summed E-state index contributed by atoms with van der Waals surface area (Å²) in [6.07, 6.45) is 5.13. The number of carbonyl (C=O) groups is 1. The number of halogens is 2. The van der Waals surface area contributed by atoms with E-state index in [1.165, 1.54) is 16.3 Å². The summed E-state index contributed by atoms with van der Waals surface area (Å²) in [5.74, 6) is 0.964. The molecule has 5 rings (SSSR count). The molecule has 0 aliphatic carbocycles. The third-order valence-electron chi connectivity index (χ3n) is 6.51. The van der Waals surface area contributed by atoms with Crippen LogP contribution in [0.3, 0.4) is 0 Å². The minimum absolute atomic E-state index is 0.0169. The summed E-state index contributed by atoms with van der Waals surface area (Å²) >= 11 is 13.9. The van der Waals surface area contributed by atoms with Crippen molar-refractivity contribution in [2.75, 3.05) is 12.3 Å². The Labute approximate surface area is 268 Å². The van der Waals surface area contributed by atoms with Gasteiger partial charge in [-0.05, 0) is 60.7 Å². The summed E-state index contributed by atoms with van der Waals surface area (Å²) in [6.45, 7) is 4.63. The highest BCUT2D eigenvalue weighted by Gasteiger charge is 2.26. The number of hydrogen-bond donors (Lipinski definition) is 3. The largest absolute Gasteiger partial charge is 0.442 e. The zero-order valence-electron chi connectivity index (χ0n) is 24.1. The molecule has 3 aromatic heterocycles. The Hall–Kier alpha value is -3.62. The van der Waals surface area contributed by atoms with Crippen LogP contribution in [0.2, 0.25) is 10.0 Å². The highest BCUT2D eigenvalue weighted by molar-refractivity contribution is 7.99. The highest BCUT2D eigenvalue weighted by Crippen LogP contribution is 2.37. The van der Waals surface area contributed by atoms with Crippen LogP contribution < -0.4 is 17.2 Å². The number of imidazole rings is 1. The summed E-state index contributed by atoms with van der Waals surface area (Å²) in [5.41, 5.74) is 12.1. The second kappa shape index (κ2) is 15.4. The molecule has 234 valence electrons. The SMILES string of the molecule is CC(C)c1nc(COC(N)=O)n(Cc2ccncc2)c1Sc1cc(Cl)cc(Cl)c1.Nc1ccn([C@H]2CC[C@@H](CO)O2)c(=O)n1.